The lowest BCUT2D eigenvalue weighted by molar-refractivity contribution is 0.542. The van der Waals surface area contributed by atoms with Crippen LogP contribution in [0, 0.1) is 0 Å². The van der Waals surface area contributed by atoms with Crippen LogP contribution >= 0.6 is 0 Å². The summed E-state index contributed by atoms with van der Waals surface area (Å²) in [7, 11) is -3.69. The number of sulfonamides is 1. The van der Waals surface area contributed by atoms with E-state index in [1.165, 1.54) is 16.7 Å². The monoisotopic (exact) mass is 299 g/mol. The summed E-state index contributed by atoms with van der Waals surface area (Å²) in [4.78, 5) is 8.22. The van der Waals surface area contributed by atoms with E-state index in [-0.39, 0.29) is 4.90 Å². The predicted molar refractivity (Wildman–Crippen MR) is 82.2 cm³/mol. The van der Waals surface area contributed by atoms with Gasteiger partial charge in [-0.2, -0.15) is 0 Å². The highest BCUT2D eigenvalue weighted by Crippen LogP contribution is 2.27. The van der Waals surface area contributed by atoms with E-state index in [9.17, 15) is 8.42 Å². The van der Waals surface area contributed by atoms with Crippen molar-refractivity contribution < 1.29 is 8.42 Å². The number of hydrogen-bond acceptors (Lipinski definition) is 4. The third-order valence-corrected chi connectivity index (χ3v) is 5.05. The second-order valence-corrected chi connectivity index (χ2v) is 6.34. The summed E-state index contributed by atoms with van der Waals surface area (Å²) in [6, 6.07) is 6.86. The predicted octanol–water partition coefficient (Wildman–Crippen LogP) is 2.68. The molecule has 2 heterocycles. The van der Waals surface area contributed by atoms with Crippen LogP contribution in [-0.4, -0.2) is 23.9 Å². The van der Waals surface area contributed by atoms with Gasteiger partial charge in [-0.05, 0) is 25.1 Å². The normalized spacial score (nSPS) is 15.1. The maximum atomic E-state index is 12.9. The van der Waals surface area contributed by atoms with Gasteiger partial charge in [0.2, 0.25) is 0 Å². The van der Waals surface area contributed by atoms with Crippen molar-refractivity contribution in [2.45, 2.75) is 11.8 Å². The molecular formula is C15H13N3O2S. The Morgan fingerprint density at radius 3 is 2.90 bits per heavy atom. The molecule has 0 N–H and O–H groups in total. The zero-order chi connectivity index (χ0) is 14.9. The van der Waals surface area contributed by atoms with E-state index in [4.69, 9.17) is 0 Å². The van der Waals surface area contributed by atoms with Gasteiger partial charge in [-0.1, -0.05) is 12.1 Å². The summed E-state index contributed by atoms with van der Waals surface area (Å²) < 4.78 is 27.1. The third kappa shape index (κ3) is 2.34. The molecule has 0 aliphatic carbocycles. The van der Waals surface area contributed by atoms with E-state index in [2.05, 4.69) is 9.98 Å². The van der Waals surface area contributed by atoms with Crippen molar-refractivity contribution >= 4 is 27.0 Å². The van der Waals surface area contributed by atoms with Crippen LogP contribution in [0.2, 0.25) is 0 Å². The molecule has 6 heteroatoms. The molecule has 1 aliphatic rings. The molecule has 0 fully saturated rings. The first-order valence-corrected chi connectivity index (χ1v) is 7.78. The Labute approximate surface area is 123 Å². The van der Waals surface area contributed by atoms with Gasteiger partial charge in [-0.15, -0.1) is 0 Å². The lowest BCUT2D eigenvalue weighted by atomic mass is 10.2. The number of benzene rings is 1. The number of fused-ring (bicyclic) bond motifs is 1. The summed E-state index contributed by atoms with van der Waals surface area (Å²) in [5.41, 5.74) is 0.582. The van der Waals surface area contributed by atoms with Crippen molar-refractivity contribution in [3.8, 4) is 0 Å². The number of aromatic nitrogens is 1. The average molecular weight is 299 g/mol. The van der Waals surface area contributed by atoms with Gasteiger partial charge in [0, 0.05) is 47.5 Å². The van der Waals surface area contributed by atoms with E-state index in [1.54, 1.807) is 49.8 Å². The van der Waals surface area contributed by atoms with Gasteiger partial charge in [0.15, 0.2) is 0 Å². The zero-order valence-electron chi connectivity index (χ0n) is 11.3. The van der Waals surface area contributed by atoms with Gasteiger partial charge in [-0.25, -0.2) is 12.7 Å². The SMILES string of the molecule is CC1=CC=NC=CN1S(=O)(=O)c1cccc2cnccc12. The molecule has 3 rings (SSSR count). The van der Waals surface area contributed by atoms with Crippen molar-refractivity contribution in [1.29, 1.82) is 0 Å². The maximum absolute atomic E-state index is 12.9. The first-order valence-electron chi connectivity index (χ1n) is 6.34. The topological polar surface area (TPSA) is 62.6 Å². The molecule has 1 aromatic carbocycles. The van der Waals surface area contributed by atoms with Crippen molar-refractivity contribution in [1.82, 2.24) is 9.29 Å². The Morgan fingerprint density at radius 2 is 2.05 bits per heavy atom. The smallest absolute Gasteiger partial charge is 0.264 e. The Kier molecular flexibility index (Phi) is 3.31. The maximum Gasteiger partial charge on any atom is 0.268 e. The van der Waals surface area contributed by atoms with Gasteiger partial charge in [0.25, 0.3) is 10.0 Å². The van der Waals surface area contributed by atoms with Crippen LogP contribution in [-0.2, 0) is 10.0 Å². The van der Waals surface area contributed by atoms with Crippen molar-refractivity contribution in [2.24, 2.45) is 4.99 Å². The fourth-order valence-electron chi connectivity index (χ4n) is 2.18. The van der Waals surface area contributed by atoms with Crippen molar-refractivity contribution in [2.75, 3.05) is 0 Å². The van der Waals surface area contributed by atoms with Crippen LogP contribution in [0.25, 0.3) is 10.8 Å². The molecule has 0 unspecified atom stereocenters. The molecule has 1 aromatic heterocycles. The van der Waals surface area contributed by atoms with Crippen LogP contribution in [0.5, 0.6) is 0 Å². The van der Waals surface area contributed by atoms with Crippen LogP contribution in [0.15, 0.2) is 70.7 Å². The second kappa shape index (κ2) is 5.14. The number of allylic oxidation sites excluding steroid dienone is 2. The number of nitrogens with zero attached hydrogens (tertiary/aromatic N) is 3. The summed E-state index contributed by atoms with van der Waals surface area (Å²) in [5, 5.41) is 1.44. The first kappa shape index (κ1) is 13.5. The molecule has 0 saturated carbocycles. The summed E-state index contributed by atoms with van der Waals surface area (Å²) in [6.07, 6.45) is 9.37. The Morgan fingerprint density at radius 1 is 1.19 bits per heavy atom. The van der Waals surface area contributed by atoms with Crippen LogP contribution in [0.3, 0.4) is 0 Å². The fourth-order valence-corrected chi connectivity index (χ4v) is 3.76. The van der Waals surface area contributed by atoms with E-state index in [0.717, 1.165) is 5.39 Å². The second-order valence-electron chi connectivity index (χ2n) is 4.56. The van der Waals surface area contributed by atoms with Crippen LogP contribution in [0.1, 0.15) is 6.92 Å². The lowest BCUT2D eigenvalue weighted by Gasteiger charge is -2.21. The van der Waals surface area contributed by atoms with Crippen LogP contribution < -0.4 is 0 Å². The first-order chi connectivity index (χ1) is 10.1. The van der Waals surface area contributed by atoms with Crippen molar-refractivity contribution in [3.05, 3.63) is 60.8 Å². The molecule has 1 aliphatic heterocycles. The standard InChI is InChI=1S/C15H13N3O2S/c1-12-5-7-16-9-10-18(12)21(19,20)15-4-2-3-13-11-17-8-6-14(13)15/h2-11H,1H3. The Hall–Kier alpha value is -2.47. The van der Waals surface area contributed by atoms with Gasteiger partial charge in [0.05, 0.1) is 4.90 Å². The number of rotatable bonds is 2. The van der Waals surface area contributed by atoms with E-state index in [0.29, 0.717) is 11.1 Å². The highest BCUT2D eigenvalue weighted by molar-refractivity contribution is 7.89. The number of pyridine rings is 1. The van der Waals surface area contributed by atoms with E-state index >= 15 is 0 Å². The Balaban J connectivity index is 2.22. The van der Waals surface area contributed by atoms with E-state index < -0.39 is 10.0 Å². The minimum absolute atomic E-state index is 0.252. The largest absolute Gasteiger partial charge is 0.268 e. The average Bonchev–Trinajstić information content (AvgIpc) is 2.71. The van der Waals surface area contributed by atoms with Gasteiger partial charge in [-0.3, -0.25) is 9.98 Å². The molecule has 2 aromatic rings. The van der Waals surface area contributed by atoms with Gasteiger partial charge >= 0.3 is 0 Å². The number of aliphatic imine (C=N–C) groups is 1. The Bertz CT molecular complexity index is 877. The zero-order valence-corrected chi connectivity index (χ0v) is 12.2. The molecule has 5 nitrogen and oxygen atoms in total. The molecule has 0 radical (unpaired) electrons. The molecule has 0 atom stereocenters. The van der Waals surface area contributed by atoms with Gasteiger partial charge < -0.3 is 0 Å². The molecule has 0 bridgehead atoms. The summed E-state index contributed by atoms with van der Waals surface area (Å²) in [6.45, 7) is 1.73. The minimum atomic E-state index is -3.69. The molecule has 106 valence electrons. The molecular weight excluding hydrogens is 286 g/mol. The quantitative estimate of drug-likeness (QED) is 0.856. The molecule has 0 amide bonds. The molecule has 0 saturated heterocycles. The third-order valence-electron chi connectivity index (χ3n) is 3.22. The highest BCUT2D eigenvalue weighted by atomic mass is 32.2. The van der Waals surface area contributed by atoms with E-state index in [1.807, 2.05) is 6.07 Å². The summed E-state index contributed by atoms with van der Waals surface area (Å²) in [5.74, 6) is 0. The molecule has 0 spiro atoms. The minimum Gasteiger partial charge on any atom is -0.264 e. The molecule has 21 heavy (non-hydrogen) atoms. The highest BCUT2D eigenvalue weighted by Gasteiger charge is 2.25. The summed E-state index contributed by atoms with van der Waals surface area (Å²) >= 11 is 0. The lowest BCUT2D eigenvalue weighted by Crippen LogP contribution is -2.24. The van der Waals surface area contributed by atoms with Crippen LogP contribution in [0.4, 0.5) is 0 Å². The fraction of sp³-hybridized carbons (Fsp3) is 0.0667. The van der Waals surface area contributed by atoms with Crippen molar-refractivity contribution in [3.63, 3.8) is 0 Å². The number of hydrogen-bond donors (Lipinski definition) is 0. The van der Waals surface area contributed by atoms with Gasteiger partial charge in [0.1, 0.15) is 0 Å².